The van der Waals surface area contributed by atoms with Crippen molar-refractivity contribution in [3.8, 4) is 23.5 Å². The third-order valence-corrected chi connectivity index (χ3v) is 6.02. The number of hydrogen-bond donors (Lipinski definition) is 1. The van der Waals surface area contributed by atoms with E-state index in [2.05, 4.69) is 33.9 Å². The van der Waals surface area contributed by atoms with Gasteiger partial charge in [0.05, 0.1) is 30.7 Å². The van der Waals surface area contributed by atoms with E-state index < -0.39 is 5.54 Å². The monoisotopic (exact) mass is 402 g/mol. The van der Waals surface area contributed by atoms with Crippen molar-refractivity contribution >= 4 is 11.7 Å². The van der Waals surface area contributed by atoms with E-state index in [1.54, 1.807) is 0 Å². The van der Waals surface area contributed by atoms with E-state index >= 15 is 0 Å². The quantitative estimate of drug-likeness (QED) is 0.738. The van der Waals surface area contributed by atoms with Crippen molar-refractivity contribution in [2.45, 2.75) is 18.4 Å². The first-order valence-corrected chi connectivity index (χ1v) is 10.4. The summed E-state index contributed by atoms with van der Waals surface area (Å²) in [5.74, 6) is 8.42. The largest absolute Gasteiger partial charge is 0.462 e. The minimum atomic E-state index is -0.778. The summed E-state index contributed by atoms with van der Waals surface area (Å²) in [7, 11) is 0. The molecule has 2 N–H and O–H groups in total. The fourth-order valence-electron chi connectivity index (χ4n) is 4.20. The minimum Gasteiger partial charge on any atom is -0.462 e. The van der Waals surface area contributed by atoms with Crippen LogP contribution in [-0.2, 0) is 15.0 Å². The summed E-state index contributed by atoms with van der Waals surface area (Å²) >= 11 is 0. The molecule has 2 fully saturated rings. The SMILES string of the molecule is NC1=N[C@@]2(CO1)c1cc(C#CC3CC3)ccc1Oc1ncc(N3CCOCC3)cc12. The standard InChI is InChI=1S/C23H22N4O3/c24-22-26-23(14-29-22)18-11-16(4-3-15-1-2-15)5-6-20(18)30-21-19(23)12-17(13-25-21)27-7-9-28-10-8-27/h5-6,11-13,15H,1-2,7-10,14H2,(H2,24,26)/t23-/m0/s1. The lowest BCUT2D eigenvalue weighted by atomic mass is 9.81. The second-order valence-electron chi connectivity index (χ2n) is 8.10. The molecule has 1 atom stereocenters. The van der Waals surface area contributed by atoms with Gasteiger partial charge in [-0.15, -0.1) is 0 Å². The van der Waals surface area contributed by atoms with Gasteiger partial charge in [-0.2, -0.15) is 0 Å². The molecule has 1 aliphatic carbocycles. The van der Waals surface area contributed by atoms with Crippen LogP contribution in [-0.4, -0.2) is 43.9 Å². The van der Waals surface area contributed by atoms with Crippen LogP contribution in [0.5, 0.6) is 11.6 Å². The third-order valence-electron chi connectivity index (χ3n) is 6.02. The molecule has 6 rings (SSSR count). The first kappa shape index (κ1) is 17.6. The van der Waals surface area contributed by atoms with Crippen LogP contribution < -0.4 is 15.4 Å². The van der Waals surface area contributed by atoms with Gasteiger partial charge in [0.2, 0.25) is 5.88 Å². The molecule has 0 unspecified atom stereocenters. The maximum absolute atomic E-state index is 6.17. The van der Waals surface area contributed by atoms with E-state index in [4.69, 9.17) is 24.9 Å². The van der Waals surface area contributed by atoms with Gasteiger partial charge in [-0.1, -0.05) is 11.8 Å². The van der Waals surface area contributed by atoms with Crippen molar-refractivity contribution in [1.82, 2.24) is 4.98 Å². The summed E-state index contributed by atoms with van der Waals surface area (Å²) in [5, 5.41) is 0. The summed E-state index contributed by atoms with van der Waals surface area (Å²) in [5.41, 5.74) is 8.97. The van der Waals surface area contributed by atoms with Crippen molar-refractivity contribution in [1.29, 1.82) is 0 Å². The Bertz CT molecular complexity index is 1110. The van der Waals surface area contributed by atoms with E-state index in [-0.39, 0.29) is 6.02 Å². The fourth-order valence-corrected chi connectivity index (χ4v) is 4.20. The predicted molar refractivity (Wildman–Crippen MR) is 112 cm³/mol. The first-order valence-electron chi connectivity index (χ1n) is 10.4. The Kier molecular flexibility index (Phi) is 3.90. The number of anilines is 1. The summed E-state index contributed by atoms with van der Waals surface area (Å²) in [4.78, 5) is 11.7. The van der Waals surface area contributed by atoms with Gasteiger partial charge in [0, 0.05) is 30.1 Å². The Labute approximate surface area is 174 Å². The molecule has 7 heteroatoms. The zero-order valence-electron chi connectivity index (χ0n) is 16.6. The number of benzene rings is 1. The van der Waals surface area contributed by atoms with Crippen molar-refractivity contribution in [2.24, 2.45) is 16.6 Å². The highest BCUT2D eigenvalue weighted by molar-refractivity contribution is 5.77. The molecule has 1 aromatic heterocycles. The number of hydrogen-bond acceptors (Lipinski definition) is 7. The molecule has 1 aromatic carbocycles. The van der Waals surface area contributed by atoms with Gasteiger partial charge in [-0.3, -0.25) is 0 Å². The summed E-state index contributed by atoms with van der Waals surface area (Å²) < 4.78 is 17.3. The summed E-state index contributed by atoms with van der Waals surface area (Å²) in [6.07, 6.45) is 4.24. The molecule has 30 heavy (non-hydrogen) atoms. The predicted octanol–water partition coefficient (Wildman–Crippen LogP) is 2.37. The average Bonchev–Trinajstić information content (AvgIpc) is 3.54. The Morgan fingerprint density at radius 1 is 1.13 bits per heavy atom. The van der Waals surface area contributed by atoms with Crippen LogP contribution in [0.25, 0.3) is 0 Å². The Hall–Kier alpha value is -3.24. The van der Waals surface area contributed by atoms with Crippen LogP contribution in [0, 0.1) is 17.8 Å². The molecule has 2 aromatic rings. The van der Waals surface area contributed by atoms with Crippen molar-refractivity contribution in [3.05, 3.63) is 47.2 Å². The van der Waals surface area contributed by atoms with Gasteiger partial charge in [0.1, 0.15) is 12.4 Å². The first-order chi connectivity index (χ1) is 14.7. The highest BCUT2D eigenvalue weighted by Gasteiger charge is 2.48. The van der Waals surface area contributed by atoms with Crippen LogP contribution in [0.4, 0.5) is 5.69 Å². The van der Waals surface area contributed by atoms with Gasteiger partial charge in [0.25, 0.3) is 6.02 Å². The molecule has 1 saturated carbocycles. The van der Waals surface area contributed by atoms with E-state index in [9.17, 15) is 0 Å². The topological polar surface area (TPSA) is 82.2 Å². The average molecular weight is 402 g/mol. The molecule has 4 heterocycles. The molecule has 3 aliphatic heterocycles. The van der Waals surface area contributed by atoms with E-state index in [1.165, 1.54) is 12.8 Å². The van der Waals surface area contributed by atoms with Crippen LogP contribution in [0.15, 0.2) is 35.5 Å². The van der Waals surface area contributed by atoms with Gasteiger partial charge >= 0.3 is 0 Å². The summed E-state index contributed by atoms with van der Waals surface area (Å²) in [6, 6.07) is 8.27. The maximum atomic E-state index is 6.17. The van der Waals surface area contributed by atoms with E-state index in [0.29, 0.717) is 37.4 Å². The zero-order chi connectivity index (χ0) is 20.1. The van der Waals surface area contributed by atoms with Gasteiger partial charge < -0.3 is 24.8 Å². The molecule has 0 bridgehead atoms. The molecular formula is C23H22N4O3. The molecule has 0 amide bonds. The molecule has 1 saturated heterocycles. The van der Waals surface area contributed by atoms with Crippen LogP contribution in [0.2, 0.25) is 0 Å². The zero-order valence-corrected chi connectivity index (χ0v) is 16.6. The number of ether oxygens (including phenoxy) is 3. The van der Waals surface area contributed by atoms with Crippen molar-refractivity contribution in [2.75, 3.05) is 37.8 Å². The number of fused-ring (bicyclic) bond motifs is 4. The number of amidine groups is 1. The second kappa shape index (κ2) is 6.64. The molecular weight excluding hydrogens is 380 g/mol. The fraction of sp³-hybridized carbons (Fsp3) is 0.391. The molecule has 4 aliphatic rings. The minimum absolute atomic E-state index is 0.181. The Morgan fingerprint density at radius 3 is 2.77 bits per heavy atom. The molecule has 0 radical (unpaired) electrons. The third kappa shape index (κ3) is 2.87. The van der Waals surface area contributed by atoms with Crippen molar-refractivity contribution < 1.29 is 14.2 Å². The highest BCUT2D eigenvalue weighted by Crippen LogP contribution is 2.51. The number of nitrogens with two attached hydrogens (primary N) is 1. The molecule has 152 valence electrons. The number of pyridine rings is 1. The number of aliphatic imine (C=N–C) groups is 1. The smallest absolute Gasteiger partial charge is 0.283 e. The van der Waals surface area contributed by atoms with Gasteiger partial charge in [-0.25, -0.2) is 9.98 Å². The summed E-state index contributed by atoms with van der Waals surface area (Å²) in [6.45, 7) is 3.38. The van der Waals surface area contributed by atoms with E-state index in [0.717, 1.165) is 35.5 Å². The van der Waals surface area contributed by atoms with Gasteiger partial charge in [-0.05, 0) is 37.1 Å². The van der Waals surface area contributed by atoms with Crippen LogP contribution >= 0.6 is 0 Å². The normalized spacial score (nSPS) is 24.1. The number of rotatable bonds is 1. The second-order valence-corrected chi connectivity index (χ2v) is 8.10. The highest BCUT2D eigenvalue weighted by atomic mass is 16.5. The molecule has 7 nitrogen and oxygen atoms in total. The lowest BCUT2D eigenvalue weighted by Gasteiger charge is -2.34. The van der Waals surface area contributed by atoms with Crippen molar-refractivity contribution in [3.63, 3.8) is 0 Å². The van der Waals surface area contributed by atoms with Crippen LogP contribution in [0.1, 0.15) is 29.5 Å². The number of nitrogens with zero attached hydrogens (tertiary/aromatic N) is 3. The van der Waals surface area contributed by atoms with Crippen LogP contribution in [0.3, 0.4) is 0 Å². The maximum Gasteiger partial charge on any atom is 0.283 e. The lowest BCUT2D eigenvalue weighted by Crippen LogP contribution is -2.37. The number of morpholine rings is 1. The molecule has 1 spiro atoms. The lowest BCUT2D eigenvalue weighted by molar-refractivity contribution is 0.122. The van der Waals surface area contributed by atoms with E-state index in [1.807, 2.05) is 18.3 Å². The van der Waals surface area contributed by atoms with Gasteiger partial charge in [0.15, 0.2) is 5.54 Å². The Morgan fingerprint density at radius 2 is 2.00 bits per heavy atom. The Balaban J connectivity index is 1.47. The number of aromatic nitrogens is 1.